The summed E-state index contributed by atoms with van der Waals surface area (Å²) in [6.07, 6.45) is 0.741. The number of furan rings is 1. The van der Waals surface area contributed by atoms with E-state index in [1.165, 1.54) is 17.4 Å². The number of nitrogens with zero attached hydrogens (tertiary/aromatic N) is 3. The zero-order valence-corrected chi connectivity index (χ0v) is 18.9. The zero-order valence-electron chi connectivity index (χ0n) is 17.3. The second-order valence-electron chi connectivity index (χ2n) is 7.44. The van der Waals surface area contributed by atoms with Crippen LogP contribution in [0.2, 0.25) is 5.02 Å². The van der Waals surface area contributed by atoms with Crippen LogP contribution in [0.25, 0.3) is 22.4 Å². The van der Waals surface area contributed by atoms with Gasteiger partial charge in [0.2, 0.25) is 0 Å². The van der Waals surface area contributed by atoms with E-state index in [4.69, 9.17) is 16.0 Å². The van der Waals surface area contributed by atoms with Crippen molar-refractivity contribution < 1.29 is 9.34 Å². The number of hydrogen-bond donors (Lipinski definition) is 0. The molecule has 6 nitrogen and oxygen atoms in total. The molecule has 0 spiro atoms. The summed E-state index contributed by atoms with van der Waals surface area (Å²) in [6, 6.07) is 24.1. The summed E-state index contributed by atoms with van der Waals surface area (Å²) < 4.78 is 8.16. The molecule has 164 valence electrons. The van der Waals surface area contributed by atoms with Crippen molar-refractivity contribution >= 4 is 45.3 Å². The molecule has 33 heavy (non-hydrogen) atoms. The number of hydrogen-bond acceptors (Lipinski definition) is 5. The third-order valence-electron chi connectivity index (χ3n) is 5.31. The minimum absolute atomic E-state index is 0.0274. The summed E-state index contributed by atoms with van der Waals surface area (Å²) >= 11 is 7.45. The molecule has 0 aliphatic heterocycles. The molecule has 0 radical (unpaired) electrons. The van der Waals surface area contributed by atoms with Crippen molar-refractivity contribution in [3.05, 3.63) is 110 Å². The first-order chi connectivity index (χ1) is 16.1. The van der Waals surface area contributed by atoms with E-state index in [2.05, 4.69) is 4.99 Å². The Balaban J connectivity index is 1.61. The van der Waals surface area contributed by atoms with Crippen molar-refractivity contribution in [2.45, 2.75) is 13.0 Å². The Bertz CT molecular complexity index is 1480. The number of fused-ring (bicyclic) bond motifs is 1. The van der Waals surface area contributed by atoms with Crippen molar-refractivity contribution in [3.63, 3.8) is 0 Å². The first-order valence-corrected chi connectivity index (χ1v) is 11.5. The van der Waals surface area contributed by atoms with Gasteiger partial charge in [-0.3, -0.25) is 10.1 Å². The van der Waals surface area contributed by atoms with Gasteiger partial charge >= 0.3 is 0 Å². The van der Waals surface area contributed by atoms with E-state index < -0.39 is 4.92 Å². The lowest BCUT2D eigenvalue weighted by molar-refractivity contribution is -0.384. The number of halogens is 1. The normalized spacial score (nSPS) is 11.8. The predicted molar refractivity (Wildman–Crippen MR) is 131 cm³/mol. The Morgan fingerprint density at radius 2 is 1.79 bits per heavy atom. The summed E-state index contributed by atoms with van der Waals surface area (Å²) in [4.78, 5) is 16.4. The quantitative estimate of drug-likeness (QED) is 0.196. The molecule has 0 saturated carbocycles. The van der Waals surface area contributed by atoms with Crippen molar-refractivity contribution in [1.82, 2.24) is 4.57 Å². The Kier molecular flexibility index (Phi) is 5.81. The summed E-state index contributed by atoms with van der Waals surface area (Å²) in [5, 5.41) is 15.2. The molecule has 5 rings (SSSR count). The maximum atomic E-state index is 11.5. The number of rotatable bonds is 6. The molecule has 0 unspecified atom stereocenters. The molecule has 0 fully saturated rings. The fourth-order valence-electron chi connectivity index (χ4n) is 3.65. The molecule has 0 aliphatic carbocycles. The molecular formula is C25H18ClN3O3S. The minimum Gasteiger partial charge on any atom is -0.454 e. The predicted octanol–water partition coefficient (Wildman–Crippen LogP) is 7.00. The largest absolute Gasteiger partial charge is 0.454 e. The van der Waals surface area contributed by atoms with Gasteiger partial charge in [-0.05, 0) is 42.3 Å². The number of thiazole rings is 1. The molecule has 0 N–H and O–H groups in total. The number of nitro groups is 1. The van der Waals surface area contributed by atoms with Crippen LogP contribution in [-0.2, 0) is 13.0 Å². The smallest absolute Gasteiger partial charge is 0.294 e. The molecule has 0 bridgehead atoms. The average Bonchev–Trinajstić information content (AvgIpc) is 3.42. The van der Waals surface area contributed by atoms with Gasteiger partial charge in [0.05, 0.1) is 10.6 Å². The van der Waals surface area contributed by atoms with Crippen LogP contribution in [0.1, 0.15) is 5.56 Å². The molecule has 3 aromatic carbocycles. The fraction of sp³-hybridized carbons (Fsp3) is 0.0800. The van der Waals surface area contributed by atoms with Crippen LogP contribution >= 0.6 is 22.9 Å². The van der Waals surface area contributed by atoms with Gasteiger partial charge in [0, 0.05) is 28.4 Å². The number of aryl methyl sites for hydroxylation is 1. The highest BCUT2D eigenvalue weighted by atomic mass is 35.5. The Morgan fingerprint density at radius 3 is 2.58 bits per heavy atom. The molecule has 0 aliphatic rings. The van der Waals surface area contributed by atoms with Gasteiger partial charge in [-0.25, -0.2) is 4.99 Å². The lowest BCUT2D eigenvalue weighted by Crippen LogP contribution is -2.17. The van der Waals surface area contributed by atoms with Gasteiger partial charge in [0.25, 0.3) is 5.69 Å². The summed E-state index contributed by atoms with van der Waals surface area (Å²) in [5.74, 6) is 0.729. The Labute approximate surface area is 198 Å². The molecule has 2 heterocycles. The fourth-order valence-corrected chi connectivity index (χ4v) is 4.70. The molecule has 0 atom stereocenters. The number of aromatic nitrogens is 1. The van der Waals surface area contributed by atoms with Crippen LogP contribution in [0, 0.1) is 10.1 Å². The standard InChI is InChI=1S/C25H18ClN3O3S/c26-19-11-9-17(10-12-19)13-14-28-22(24-15-18-5-1-4-8-23(18)32-24)16-33-25(28)27-20-6-2-3-7-21(20)29(30)31/h1-12,15-16H,13-14H2. The van der Waals surface area contributed by atoms with Gasteiger partial charge in [0.15, 0.2) is 10.6 Å². The first kappa shape index (κ1) is 21.2. The third-order valence-corrected chi connectivity index (χ3v) is 6.42. The second-order valence-corrected chi connectivity index (χ2v) is 8.71. The summed E-state index contributed by atoms with van der Waals surface area (Å²) in [7, 11) is 0. The van der Waals surface area contributed by atoms with Crippen molar-refractivity contribution in [2.75, 3.05) is 0 Å². The van der Waals surface area contributed by atoms with Gasteiger partial charge < -0.3 is 8.98 Å². The summed E-state index contributed by atoms with van der Waals surface area (Å²) in [6.45, 7) is 0.622. The van der Waals surface area contributed by atoms with Crippen molar-refractivity contribution in [3.8, 4) is 11.5 Å². The SMILES string of the molecule is O=[N+]([O-])c1ccccc1N=c1scc(-c2cc3ccccc3o2)n1CCc1ccc(Cl)cc1. The van der Waals surface area contributed by atoms with E-state index in [1.807, 2.05) is 64.5 Å². The van der Waals surface area contributed by atoms with Gasteiger partial charge in [-0.2, -0.15) is 0 Å². The number of nitro benzene ring substituents is 1. The third kappa shape index (κ3) is 4.46. The van der Waals surface area contributed by atoms with Gasteiger partial charge in [-0.15, -0.1) is 11.3 Å². The minimum atomic E-state index is -0.412. The second kappa shape index (κ2) is 9.05. The number of para-hydroxylation sites is 3. The average molecular weight is 476 g/mol. The van der Waals surface area contributed by atoms with Crippen LogP contribution in [0.15, 0.2) is 93.7 Å². The highest BCUT2D eigenvalue weighted by Gasteiger charge is 2.16. The Morgan fingerprint density at radius 1 is 1.03 bits per heavy atom. The van der Waals surface area contributed by atoms with Crippen LogP contribution in [0.3, 0.4) is 0 Å². The molecule has 5 aromatic rings. The maximum absolute atomic E-state index is 11.5. The van der Waals surface area contributed by atoms with E-state index in [-0.39, 0.29) is 5.69 Å². The molecule has 0 amide bonds. The van der Waals surface area contributed by atoms with Gasteiger partial charge in [-0.1, -0.05) is 54.1 Å². The monoisotopic (exact) mass is 475 g/mol. The topological polar surface area (TPSA) is 73.6 Å². The highest BCUT2D eigenvalue weighted by Crippen LogP contribution is 2.30. The lowest BCUT2D eigenvalue weighted by atomic mass is 10.1. The van der Waals surface area contributed by atoms with Crippen LogP contribution in [0.4, 0.5) is 11.4 Å². The summed E-state index contributed by atoms with van der Waals surface area (Å²) in [5.41, 5.74) is 3.11. The van der Waals surface area contributed by atoms with Crippen LogP contribution in [0.5, 0.6) is 0 Å². The number of benzene rings is 3. The molecular weight excluding hydrogens is 458 g/mol. The van der Waals surface area contributed by atoms with E-state index in [0.29, 0.717) is 22.1 Å². The van der Waals surface area contributed by atoms with E-state index in [1.54, 1.807) is 18.2 Å². The highest BCUT2D eigenvalue weighted by molar-refractivity contribution is 7.07. The maximum Gasteiger partial charge on any atom is 0.294 e. The van der Waals surface area contributed by atoms with Crippen LogP contribution in [-0.4, -0.2) is 9.49 Å². The van der Waals surface area contributed by atoms with Crippen molar-refractivity contribution in [2.24, 2.45) is 4.99 Å². The first-order valence-electron chi connectivity index (χ1n) is 10.3. The zero-order chi connectivity index (χ0) is 22.8. The van der Waals surface area contributed by atoms with E-state index in [0.717, 1.165) is 34.4 Å². The van der Waals surface area contributed by atoms with Crippen molar-refractivity contribution in [1.29, 1.82) is 0 Å². The van der Waals surface area contributed by atoms with E-state index >= 15 is 0 Å². The molecule has 2 aromatic heterocycles. The van der Waals surface area contributed by atoms with Crippen LogP contribution < -0.4 is 4.80 Å². The molecule has 0 saturated heterocycles. The molecule has 8 heteroatoms. The lowest BCUT2D eigenvalue weighted by Gasteiger charge is -2.08. The van der Waals surface area contributed by atoms with Gasteiger partial charge in [0.1, 0.15) is 11.3 Å². The van der Waals surface area contributed by atoms with E-state index in [9.17, 15) is 10.1 Å². The Hall–Kier alpha value is -3.68.